The monoisotopic (exact) mass is 227 g/mol. The number of benzene rings is 2. The van der Waals surface area contributed by atoms with Crippen LogP contribution in [0.15, 0.2) is 60.7 Å². The molecule has 1 heterocycles. The van der Waals surface area contributed by atoms with Gasteiger partial charge in [0.2, 0.25) is 0 Å². The highest BCUT2D eigenvalue weighted by atomic mass is 15.5. The van der Waals surface area contributed by atoms with Gasteiger partial charge in [-0.1, -0.05) is 60.7 Å². The van der Waals surface area contributed by atoms with Gasteiger partial charge in [-0.2, -0.15) is 0 Å². The highest BCUT2D eigenvalue weighted by Gasteiger charge is 2.24. The molecule has 3 heteroatoms. The van der Waals surface area contributed by atoms with Crippen molar-refractivity contribution in [1.82, 2.24) is 16.2 Å². The van der Waals surface area contributed by atoms with Gasteiger partial charge in [0.05, 0.1) is 12.3 Å². The van der Waals surface area contributed by atoms with Crippen molar-refractivity contribution in [2.45, 2.75) is 12.3 Å². The van der Waals surface area contributed by atoms with Crippen LogP contribution in [0.3, 0.4) is 0 Å². The van der Waals surface area contributed by atoms with Crippen LogP contribution in [0.2, 0.25) is 0 Å². The predicted octanol–water partition coefficient (Wildman–Crippen LogP) is 2.33. The highest BCUT2D eigenvalue weighted by Crippen LogP contribution is 2.19. The molecule has 1 fully saturated rings. The molecular formula is C14H17N3. The SMILES string of the molecule is [HH].c1ccc(C2NNC(c3ccccc3)N2)cc1. The van der Waals surface area contributed by atoms with Crippen LogP contribution in [0.1, 0.15) is 24.9 Å². The van der Waals surface area contributed by atoms with Crippen molar-refractivity contribution < 1.29 is 1.43 Å². The quantitative estimate of drug-likeness (QED) is 0.737. The minimum atomic E-state index is 0. The van der Waals surface area contributed by atoms with Gasteiger partial charge in [0, 0.05) is 1.43 Å². The Hall–Kier alpha value is -1.68. The van der Waals surface area contributed by atoms with Crippen LogP contribution in [0.4, 0.5) is 0 Å². The molecule has 17 heavy (non-hydrogen) atoms. The van der Waals surface area contributed by atoms with Gasteiger partial charge in [0.1, 0.15) is 0 Å². The summed E-state index contributed by atoms with van der Waals surface area (Å²) in [5.74, 6) is 0. The Morgan fingerprint density at radius 2 is 1.06 bits per heavy atom. The van der Waals surface area contributed by atoms with E-state index in [1.165, 1.54) is 11.1 Å². The Bertz CT molecular complexity index is 429. The van der Waals surface area contributed by atoms with E-state index < -0.39 is 0 Å². The van der Waals surface area contributed by atoms with Crippen LogP contribution in [0.25, 0.3) is 0 Å². The van der Waals surface area contributed by atoms with E-state index in [-0.39, 0.29) is 13.8 Å². The summed E-state index contributed by atoms with van der Waals surface area (Å²) < 4.78 is 0. The van der Waals surface area contributed by atoms with E-state index in [9.17, 15) is 0 Å². The van der Waals surface area contributed by atoms with Gasteiger partial charge in [-0.25, -0.2) is 10.9 Å². The van der Waals surface area contributed by atoms with E-state index in [1.807, 2.05) is 12.1 Å². The molecule has 0 radical (unpaired) electrons. The Labute approximate surface area is 102 Å². The van der Waals surface area contributed by atoms with Crippen LogP contribution < -0.4 is 16.2 Å². The molecule has 1 aliphatic rings. The van der Waals surface area contributed by atoms with Gasteiger partial charge in [-0.15, -0.1) is 0 Å². The van der Waals surface area contributed by atoms with Crippen LogP contribution in [0.5, 0.6) is 0 Å². The second-order valence-electron chi connectivity index (χ2n) is 4.14. The van der Waals surface area contributed by atoms with E-state index in [2.05, 4.69) is 64.7 Å². The van der Waals surface area contributed by atoms with E-state index in [4.69, 9.17) is 0 Å². The van der Waals surface area contributed by atoms with Crippen molar-refractivity contribution in [2.75, 3.05) is 0 Å². The number of rotatable bonds is 2. The fourth-order valence-electron chi connectivity index (χ4n) is 2.07. The van der Waals surface area contributed by atoms with Gasteiger partial charge < -0.3 is 0 Å². The lowest BCUT2D eigenvalue weighted by atomic mass is 10.1. The predicted molar refractivity (Wildman–Crippen MR) is 69.9 cm³/mol. The van der Waals surface area contributed by atoms with Crippen molar-refractivity contribution in [3.8, 4) is 0 Å². The van der Waals surface area contributed by atoms with Crippen LogP contribution >= 0.6 is 0 Å². The Kier molecular flexibility index (Phi) is 2.88. The minimum Gasteiger partial charge on any atom is -0.277 e. The lowest BCUT2D eigenvalue weighted by molar-refractivity contribution is 0.554. The Morgan fingerprint density at radius 3 is 1.47 bits per heavy atom. The summed E-state index contributed by atoms with van der Waals surface area (Å²) in [6.45, 7) is 0. The molecule has 2 aromatic carbocycles. The smallest absolute Gasteiger partial charge is 0.0978 e. The molecule has 0 aliphatic carbocycles. The maximum Gasteiger partial charge on any atom is 0.0978 e. The van der Waals surface area contributed by atoms with Crippen LogP contribution in [-0.4, -0.2) is 0 Å². The van der Waals surface area contributed by atoms with Gasteiger partial charge >= 0.3 is 0 Å². The largest absolute Gasteiger partial charge is 0.277 e. The molecule has 0 amide bonds. The summed E-state index contributed by atoms with van der Waals surface area (Å²) >= 11 is 0. The summed E-state index contributed by atoms with van der Waals surface area (Å²) in [5, 5.41) is 3.50. The minimum absolute atomic E-state index is 0. The first-order valence-corrected chi connectivity index (χ1v) is 5.80. The molecule has 0 saturated carbocycles. The Balaban J connectivity index is 0.00000120. The molecule has 3 rings (SSSR count). The average molecular weight is 227 g/mol. The normalized spacial score (nSPS) is 23.8. The van der Waals surface area contributed by atoms with Crippen molar-refractivity contribution in [1.29, 1.82) is 0 Å². The fourth-order valence-corrected chi connectivity index (χ4v) is 2.07. The molecule has 1 saturated heterocycles. The lowest BCUT2D eigenvalue weighted by Gasteiger charge is -2.12. The van der Waals surface area contributed by atoms with Gasteiger partial charge in [0.25, 0.3) is 0 Å². The molecule has 0 aromatic heterocycles. The van der Waals surface area contributed by atoms with Crippen LogP contribution in [-0.2, 0) is 0 Å². The third kappa shape index (κ3) is 2.22. The zero-order valence-electron chi connectivity index (χ0n) is 9.43. The van der Waals surface area contributed by atoms with Crippen molar-refractivity contribution >= 4 is 0 Å². The molecule has 2 aromatic rings. The fraction of sp³-hybridized carbons (Fsp3) is 0.143. The molecule has 3 nitrogen and oxygen atoms in total. The third-order valence-electron chi connectivity index (χ3n) is 2.97. The first kappa shape index (κ1) is 10.5. The summed E-state index contributed by atoms with van der Waals surface area (Å²) in [5.41, 5.74) is 8.99. The maximum atomic E-state index is 3.50. The van der Waals surface area contributed by atoms with E-state index in [1.54, 1.807) is 0 Å². The third-order valence-corrected chi connectivity index (χ3v) is 2.97. The average Bonchev–Trinajstić information content (AvgIpc) is 2.90. The van der Waals surface area contributed by atoms with Crippen molar-refractivity contribution in [3.05, 3.63) is 71.8 Å². The standard InChI is InChI=1S/C14H15N3.H2/c1-3-7-11(8-4-1)13-15-14(17-16-13)12-9-5-2-6-10-12;/h1-10,13-17H;1H. The van der Waals surface area contributed by atoms with Crippen molar-refractivity contribution in [3.63, 3.8) is 0 Å². The van der Waals surface area contributed by atoms with Gasteiger partial charge in [0.15, 0.2) is 0 Å². The van der Waals surface area contributed by atoms with Gasteiger partial charge in [-0.3, -0.25) is 5.32 Å². The maximum absolute atomic E-state index is 3.50. The molecule has 2 atom stereocenters. The first-order valence-electron chi connectivity index (χ1n) is 5.80. The molecule has 88 valence electrons. The number of hydrazine groups is 1. The molecule has 2 unspecified atom stereocenters. The molecule has 0 spiro atoms. The summed E-state index contributed by atoms with van der Waals surface area (Å²) in [4.78, 5) is 0. The van der Waals surface area contributed by atoms with Crippen molar-refractivity contribution in [2.24, 2.45) is 0 Å². The molecule has 3 N–H and O–H groups in total. The Morgan fingerprint density at radius 1 is 0.647 bits per heavy atom. The number of nitrogens with one attached hydrogen (secondary N) is 3. The molecular weight excluding hydrogens is 210 g/mol. The zero-order chi connectivity index (χ0) is 11.5. The second-order valence-corrected chi connectivity index (χ2v) is 4.14. The van der Waals surface area contributed by atoms with E-state index in [0.717, 1.165) is 0 Å². The van der Waals surface area contributed by atoms with E-state index in [0.29, 0.717) is 0 Å². The zero-order valence-corrected chi connectivity index (χ0v) is 9.43. The van der Waals surface area contributed by atoms with Crippen LogP contribution in [0, 0.1) is 0 Å². The number of hydrogen-bond donors (Lipinski definition) is 3. The summed E-state index contributed by atoms with van der Waals surface area (Å²) in [6.07, 6.45) is 0.308. The number of hydrogen-bond acceptors (Lipinski definition) is 3. The van der Waals surface area contributed by atoms with Gasteiger partial charge in [-0.05, 0) is 11.1 Å². The highest BCUT2D eigenvalue weighted by molar-refractivity contribution is 5.23. The first-order chi connectivity index (χ1) is 8.43. The summed E-state index contributed by atoms with van der Waals surface area (Å²) in [6, 6.07) is 20.7. The molecule has 1 aliphatic heterocycles. The lowest BCUT2D eigenvalue weighted by Crippen LogP contribution is -2.26. The topological polar surface area (TPSA) is 36.1 Å². The second kappa shape index (κ2) is 4.67. The summed E-state index contributed by atoms with van der Waals surface area (Å²) in [7, 11) is 0. The molecule has 0 bridgehead atoms. The van der Waals surface area contributed by atoms with E-state index >= 15 is 0 Å².